The smallest absolute Gasteiger partial charge is 0.137 e. The zero-order valence-electron chi connectivity index (χ0n) is 37.0. The van der Waals surface area contributed by atoms with Gasteiger partial charge in [0.05, 0.1) is 17.7 Å². The van der Waals surface area contributed by atoms with Gasteiger partial charge in [-0.2, -0.15) is 0 Å². The number of hydrogen-bond donors (Lipinski definition) is 0. The Morgan fingerprint density at radius 2 is 1.03 bits per heavy atom. The number of ether oxygens (including phenoxy) is 1. The molecule has 1 aliphatic heterocycles. The minimum absolute atomic E-state index is 0.000258. The summed E-state index contributed by atoms with van der Waals surface area (Å²) in [6.07, 6.45) is 1.92. The largest absolute Gasteiger partial charge is 0.457 e. The second-order valence-corrected chi connectivity index (χ2v) is 18.7. The summed E-state index contributed by atoms with van der Waals surface area (Å²) in [5, 5.41) is 2.36. The van der Waals surface area contributed by atoms with Crippen molar-refractivity contribution in [2.45, 2.75) is 78.6 Å². The lowest BCUT2D eigenvalue weighted by atomic mass is 9.73. The molecule has 0 bridgehead atoms. The van der Waals surface area contributed by atoms with Crippen molar-refractivity contribution in [3.05, 3.63) is 203 Å². The number of anilines is 2. The van der Waals surface area contributed by atoms with Crippen LogP contribution < -0.4 is 14.5 Å². The number of para-hydroxylation sites is 1. The Bertz CT molecular complexity index is 2860. The molecule has 0 N–H and O–H groups in total. The van der Waals surface area contributed by atoms with Crippen LogP contribution in [0.3, 0.4) is 0 Å². The minimum Gasteiger partial charge on any atom is -0.457 e. The number of pyridine rings is 1. The minimum atomic E-state index is -0.207. The van der Waals surface area contributed by atoms with Crippen LogP contribution in [0, 0.1) is 0 Å². The van der Waals surface area contributed by atoms with Gasteiger partial charge in [0.15, 0.2) is 0 Å². The van der Waals surface area contributed by atoms with Crippen LogP contribution in [0.2, 0.25) is 0 Å². The highest BCUT2D eigenvalue weighted by Gasteiger charge is 2.32. The number of rotatable bonds is 9. The molecule has 3 heterocycles. The molecule has 0 atom stereocenters. The van der Waals surface area contributed by atoms with Crippen molar-refractivity contribution >= 4 is 33.2 Å². The molecule has 6 aromatic carbocycles. The van der Waals surface area contributed by atoms with Crippen molar-refractivity contribution in [2.75, 3.05) is 16.5 Å². The van der Waals surface area contributed by atoms with Crippen LogP contribution in [0.25, 0.3) is 27.6 Å². The molecule has 5 heteroatoms. The number of allylic oxidation sites excluding steroid dienone is 2. The molecule has 0 saturated carbocycles. The van der Waals surface area contributed by atoms with Gasteiger partial charge < -0.3 is 14.5 Å². The zero-order chi connectivity index (χ0) is 42.7. The summed E-state index contributed by atoms with van der Waals surface area (Å²) >= 11 is 0. The Labute approximate surface area is 361 Å². The Hall–Kier alpha value is -6.59. The second kappa shape index (κ2) is 15.1. The molecule has 0 unspecified atom stereocenters. The third-order valence-corrected chi connectivity index (χ3v) is 13.1. The number of hydrogen-bond acceptors (Lipinski definition) is 4. The van der Waals surface area contributed by atoms with E-state index in [0.29, 0.717) is 6.67 Å². The number of fused-ring (bicyclic) bond motifs is 3. The number of benzene rings is 6. The fourth-order valence-electron chi connectivity index (χ4n) is 8.95. The normalized spacial score (nSPS) is 13.8. The summed E-state index contributed by atoms with van der Waals surface area (Å²) in [6.45, 7) is 21.3. The molecule has 8 aromatic rings. The first kappa shape index (κ1) is 39.8. The van der Waals surface area contributed by atoms with Gasteiger partial charge in [-0.1, -0.05) is 139 Å². The van der Waals surface area contributed by atoms with E-state index < -0.39 is 0 Å². The molecule has 61 heavy (non-hydrogen) atoms. The van der Waals surface area contributed by atoms with Crippen LogP contribution in [0.15, 0.2) is 175 Å². The fraction of sp³-hybridized carbons (Fsp3) is 0.232. The predicted molar refractivity (Wildman–Crippen MR) is 256 cm³/mol. The molecular formula is C56H56N4O. The van der Waals surface area contributed by atoms with Gasteiger partial charge >= 0.3 is 0 Å². The van der Waals surface area contributed by atoms with E-state index in [2.05, 4.69) is 228 Å². The van der Waals surface area contributed by atoms with Crippen molar-refractivity contribution in [3.63, 3.8) is 0 Å². The SMILES string of the molecule is CC1=C(C)N(c2cc(C(C)(C)c3ccccc3)cc(C(C)(C)c3ccccc3)c2)CN1c1cccc(Oc2ccc3c4ccccc4n(-c4cc(C(C)(C)C)ccn4)c3c2)c1. The van der Waals surface area contributed by atoms with Crippen molar-refractivity contribution in [1.29, 1.82) is 0 Å². The van der Waals surface area contributed by atoms with Crippen LogP contribution in [0.1, 0.15) is 90.1 Å². The summed E-state index contributed by atoms with van der Waals surface area (Å²) in [4.78, 5) is 9.74. The predicted octanol–water partition coefficient (Wildman–Crippen LogP) is 14.5. The van der Waals surface area contributed by atoms with Crippen LogP contribution >= 0.6 is 0 Å². The van der Waals surface area contributed by atoms with Crippen LogP contribution in [-0.2, 0) is 16.2 Å². The molecule has 0 amide bonds. The molecule has 0 spiro atoms. The molecule has 1 aliphatic rings. The Morgan fingerprint density at radius 1 is 0.459 bits per heavy atom. The van der Waals surface area contributed by atoms with E-state index in [1.54, 1.807) is 0 Å². The van der Waals surface area contributed by atoms with Crippen LogP contribution in [-0.4, -0.2) is 16.2 Å². The van der Waals surface area contributed by atoms with Gasteiger partial charge in [-0.05, 0) is 102 Å². The molecule has 0 fully saturated rings. The van der Waals surface area contributed by atoms with Gasteiger partial charge in [-0.25, -0.2) is 4.98 Å². The van der Waals surface area contributed by atoms with E-state index in [4.69, 9.17) is 9.72 Å². The summed E-state index contributed by atoms with van der Waals surface area (Å²) in [5.41, 5.74) is 12.9. The second-order valence-electron chi connectivity index (χ2n) is 18.7. The lowest BCUT2D eigenvalue weighted by Gasteiger charge is -2.33. The zero-order valence-corrected chi connectivity index (χ0v) is 37.0. The highest BCUT2D eigenvalue weighted by atomic mass is 16.5. The number of nitrogens with zero attached hydrogens (tertiary/aromatic N) is 4. The molecule has 306 valence electrons. The third-order valence-electron chi connectivity index (χ3n) is 13.1. The van der Waals surface area contributed by atoms with Crippen LogP contribution in [0.4, 0.5) is 11.4 Å². The molecule has 2 aromatic heterocycles. The van der Waals surface area contributed by atoms with Gasteiger partial charge in [-0.15, -0.1) is 0 Å². The quantitative estimate of drug-likeness (QED) is 0.146. The van der Waals surface area contributed by atoms with Crippen molar-refractivity contribution in [1.82, 2.24) is 9.55 Å². The average Bonchev–Trinajstić information content (AvgIpc) is 3.76. The molecule has 0 radical (unpaired) electrons. The summed E-state index contributed by atoms with van der Waals surface area (Å²) < 4.78 is 8.99. The molecular weight excluding hydrogens is 745 g/mol. The van der Waals surface area contributed by atoms with Crippen molar-refractivity contribution in [3.8, 4) is 17.3 Å². The molecule has 0 saturated heterocycles. The summed E-state index contributed by atoms with van der Waals surface area (Å²) in [7, 11) is 0. The van der Waals surface area contributed by atoms with E-state index in [9.17, 15) is 0 Å². The van der Waals surface area contributed by atoms with E-state index in [1.807, 2.05) is 12.3 Å². The Morgan fingerprint density at radius 3 is 1.67 bits per heavy atom. The molecule has 5 nitrogen and oxygen atoms in total. The first-order valence-electron chi connectivity index (χ1n) is 21.5. The van der Waals surface area contributed by atoms with Gasteiger partial charge in [-0.3, -0.25) is 4.57 Å². The third kappa shape index (κ3) is 7.26. The van der Waals surface area contributed by atoms with Gasteiger partial charge in [0.2, 0.25) is 0 Å². The van der Waals surface area contributed by atoms with E-state index in [-0.39, 0.29) is 16.2 Å². The highest BCUT2D eigenvalue weighted by Crippen LogP contribution is 2.43. The maximum atomic E-state index is 6.73. The fourth-order valence-corrected chi connectivity index (χ4v) is 8.95. The van der Waals surface area contributed by atoms with Gasteiger partial charge in [0.1, 0.15) is 17.3 Å². The maximum Gasteiger partial charge on any atom is 0.137 e. The highest BCUT2D eigenvalue weighted by molar-refractivity contribution is 6.09. The average molecular weight is 801 g/mol. The van der Waals surface area contributed by atoms with E-state index >= 15 is 0 Å². The van der Waals surface area contributed by atoms with E-state index in [0.717, 1.165) is 34.0 Å². The Balaban J connectivity index is 1.05. The Kier molecular flexibility index (Phi) is 9.90. The monoisotopic (exact) mass is 800 g/mol. The standard InChI is InChI=1S/C56H56N4O/c1-38-39(2)59(46-32-43(55(6,7)40-19-12-10-13-20-40)31-44(33-46)56(8,9)41-21-14-11-15-22-41)37-58(38)45-23-18-24-47(35-45)61-48-27-28-50-49-25-16-17-26-51(49)60(52(50)36-48)53-34-42(29-30-57-53)54(3,4)5/h10-36H,37H2,1-9H3. The molecule has 0 aliphatic carbocycles. The number of aromatic nitrogens is 2. The topological polar surface area (TPSA) is 33.5 Å². The van der Waals surface area contributed by atoms with Crippen LogP contribution in [0.5, 0.6) is 11.5 Å². The van der Waals surface area contributed by atoms with E-state index in [1.165, 1.54) is 55.7 Å². The first-order valence-corrected chi connectivity index (χ1v) is 21.5. The lowest BCUT2D eigenvalue weighted by Crippen LogP contribution is -2.29. The summed E-state index contributed by atoms with van der Waals surface area (Å²) in [6, 6.07) is 56.8. The lowest BCUT2D eigenvalue weighted by molar-refractivity contribution is 0.483. The first-order chi connectivity index (χ1) is 29.2. The maximum absolute atomic E-state index is 6.73. The van der Waals surface area contributed by atoms with Crippen molar-refractivity contribution in [2.24, 2.45) is 0 Å². The van der Waals surface area contributed by atoms with Gasteiger partial charge in [0.25, 0.3) is 0 Å². The molecule has 9 rings (SSSR count). The van der Waals surface area contributed by atoms with Crippen molar-refractivity contribution < 1.29 is 4.74 Å². The van der Waals surface area contributed by atoms with Gasteiger partial charge in [0, 0.05) is 62.7 Å². The summed E-state index contributed by atoms with van der Waals surface area (Å²) in [5.74, 6) is 2.47.